The molecule has 27 heavy (non-hydrogen) atoms. The van der Waals surface area contributed by atoms with Gasteiger partial charge in [-0.05, 0) is 35.7 Å². The first kappa shape index (κ1) is 16.1. The van der Waals surface area contributed by atoms with Crippen molar-refractivity contribution < 1.29 is 4.42 Å². The van der Waals surface area contributed by atoms with E-state index in [4.69, 9.17) is 4.42 Å². The van der Waals surface area contributed by atoms with Crippen LogP contribution in [0.3, 0.4) is 0 Å². The van der Waals surface area contributed by atoms with E-state index in [0.29, 0.717) is 0 Å². The highest BCUT2D eigenvalue weighted by Gasteiger charge is 2.21. The molecule has 0 spiro atoms. The van der Waals surface area contributed by atoms with E-state index in [9.17, 15) is 0 Å². The predicted molar refractivity (Wildman–Crippen MR) is 106 cm³/mol. The molecule has 0 unspecified atom stereocenters. The third-order valence-electron chi connectivity index (χ3n) is 5.16. The van der Waals surface area contributed by atoms with Crippen molar-refractivity contribution in [2.45, 2.75) is 19.5 Å². The minimum atomic E-state index is 0.867. The van der Waals surface area contributed by atoms with Crippen molar-refractivity contribution in [2.24, 2.45) is 0 Å². The number of fused-ring (bicyclic) bond motifs is 1. The Morgan fingerprint density at radius 1 is 1.00 bits per heavy atom. The number of rotatable bonds is 4. The molecule has 0 saturated heterocycles. The van der Waals surface area contributed by atoms with Crippen LogP contribution in [0.25, 0.3) is 17.0 Å². The highest BCUT2D eigenvalue weighted by atomic mass is 16.3. The lowest BCUT2D eigenvalue weighted by Gasteiger charge is -2.25. The molecule has 4 aromatic rings. The number of nitrogens with zero attached hydrogens (tertiary/aromatic N) is 3. The molecule has 0 aliphatic carbocycles. The average molecular weight is 355 g/mol. The molecule has 0 fully saturated rings. The quantitative estimate of drug-likeness (QED) is 0.532. The Morgan fingerprint density at radius 2 is 1.85 bits per heavy atom. The zero-order valence-electron chi connectivity index (χ0n) is 15.1. The molecule has 2 aromatic carbocycles. The van der Waals surface area contributed by atoms with E-state index >= 15 is 0 Å². The SMILES string of the molecule is c1ccc(-c2cc3c(o2)CN(Cc2ccc(-n4ccnc4)cc2)CC3)cc1. The molecular weight excluding hydrogens is 334 g/mol. The second-order valence-corrected chi connectivity index (χ2v) is 7.02. The van der Waals surface area contributed by atoms with E-state index < -0.39 is 0 Å². The Kier molecular flexibility index (Phi) is 4.11. The number of benzene rings is 2. The van der Waals surface area contributed by atoms with Crippen LogP contribution in [0.2, 0.25) is 0 Å². The first-order valence-electron chi connectivity index (χ1n) is 9.32. The Balaban J connectivity index is 1.29. The minimum Gasteiger partial charge on any atom is -0.459 e. The summed E-state index contributed by atoms with van der Waals surface area (Å²) in [7, 11) is 0. The third kappa shape index (κ3) is 3.32. The fourth-order valence-electron chi connectivity index (χ4n) is 3.70. The van der Waals surface area contributed by atoms with Gasteiger partial charge in [0.1, 0.15) is 11.5 Å². The van der Waals surface area contributed by atoms with E-state index in [-0.39, 0.29) is 0 Å². The topological polar surface area (TPSA) is 34.2 Å². The molecule has 0 N–H and O–H groups in total. The third-order valence-corrected chi connectivity index (χ3v) is 5.16. The fraction of sp³-hybridized carbons (Fsp3) is 0.174. The van der Waals surface area contributed by atoms with Gasteiger partial charge < -0.3 is 8.98 Å². The summed E-state index contributed by atoms with van der Waals surface area (Å²) in [5.41, 5.74) is 4.95. The molecule has 0 atom stereocenters. The zero-order chi connectivity index (χ0) is 18.1. The van der Waals surface area contributed by atoms with Crippen LogP contribution in [0.15, 0.2) is 83.8 Å². The van der Waals surface area contributed by atoms with Crippen LogP contribution in [0.1, 0.15) is 16.9 Å². The second-order valence-electron chi connectivity index (χ2n) is 7.02. The Morgan fingerprint density at radius 3 is 2.63 bits per heavy atom. The standard InChI is InChI=1S/C23H21N3O/c1-2-4-19(5-3-1)22-14-20-10-12-25(16-23(20)27-22)15-18-6-8-21(9-7-18)26-13-11-24-17-26/h1-9,11,13-14,17H,10,12,15-16H2. The Hall–Kier alpha value is -3.11. The highest BCUT2D eigenvalue weighted by Crippen LogP contribution is 2.30. The fourth-order valence-corrected chi connectivity index (χ4v) is 3.70. The molecule has 134 valence electrons. The maximum Gasteiger partial charge on any atom is 0.134 e. The molecule has 1 aliphatic heterocycles. The normalized spacial score (nSPS) is 14.2. The van der Waals surface area contributed by atoms with Gasteiger partial charge in [-0.2, -0.15) is 0 Å². The summed E-state index contributed by atoms with van der Waals surface area (Å²) in [4.78, 5) is 6.56. The first-order valence-corrected chi connectivity index (χ1v) is 9.32. The van der Waals surface area contributed by atoms with E-state index in [1.54, 1.807) is 6.20 Å². The zero-order valence-corrected chi connectivity index (χ0v) is 15.1. The van der Waals surface area contributed by atoms with Gasteiger partial charge in [-0.15, -0.1) is 0 Å². The molecule has 0 amide bonds. The summed E-state index contributed by atoms with van der Waals surface area (Å²) in [6.45, 7) is 2.86. The van der Waals surface area contributed by atoms with Crippen molar-refractivity contribution >= 4 is 0 Å². The van der Waals surface area contributed by atoms with Gasteiger partial charge in [0.2, 0.25) is 0 Å². The van der Waals surface area contributed by atoms with Gasteiger partial charge in [-0.1, -0.05) is 42.5 Å². The minimum absolute atomic E-state index is 0.867. The van der Waals surface area contributed by atoms with Gasteiger partial charge in [-0.3, -0.25) is 4.90 Å². The lowest BCUT2D eigenvalue weighted by atomic mass is 10.1. The molecule has 3 heterocycles. The first-order chi connectivity index (χ1) is 13.3. The van der Waals surface area contributed by atoms with Crippen LogP contribution in [0, 0.1) is 0 Å². The molecule has 0 radical (unpaired) electrons. The van der Waals surface area contributed by atoms with E-state index in [2.05, 4.69) is 64.5 Å². The van der Waals surface area contributed by atoms with E-state index in [1.165, 1.54) is 11.1 Å². The highest BCUT2D eigenvalue weighted by molar-refractivity contribution is 5.58. The smallest absolute Gasteiger partial charge is 0.134 e. The number of hydrogen-bond donors (Lipinski definition) is 0. The van der Waals surface area contributed by atoms with Crippen LogP contribution < -0.4 is 0 Å². The maximum atomic E-state index is 6.18. The number of imidazole rings is 1. The van der Waals surface area contributed by atoms with Gasteiger partial charge in [0.15, 0.2) is 0 Å². The number of furan rings is 1. The van der Waals surface area contributed by atoms with Gasteiger partial charge in [0, 0.05) is 36.7 Å². The van der Waals surface area contributed by atoms with Gasteiger partial charge in [0.25, 0.3) is 0 Å². The van der Waals surface area contributed by atoms with Crippen molar-refractivity contribution in [2.75, 3.05) is 6.54 Å². The van der Waals surface area contributed by atoms with Crippen LogP contribution in [-0.4, -0.2) is 21.0 Å². The van der Waals surface area contributed by atoms with Crippen LogP contribution in [-0.2, 0) is 19.5 Å². The monoisotopic (exact) mass is 355 g/mol. The van der Waals surface area contributed by atoms with Crippen molar-refractivity contribution in [3.05, 3.63) is 96.3 Å². The van der Waals surface area contributed by atoms with Crippen LogP contribution >= 0.6 is 0 Å². The summed E-state index contributed by atoms with van der Waals surface area (Å²) in [6.07, 6.45) is 6.62. The maximum absolute atomic E-state index is 6.18. The summed E-state index contributed by atoms with van der Waals surface area (Å²) >= 11 is 0. The molecule has 1 aliphatic rings. The summed E-state index contributed by atoms with van der Waals surface area (Å²) in [5, 5.41) is 0. The lowest BCUT2D eigenvalue weighted by Crippen LogP contribution is -2.29. The number of aromatic nitrogens is 2. The predicted octanol–water partition coefficient (Wildman–Crippen LogP) is 4.69. The van der Waals surface area contributed by atoms with E-state index in [1.807, 2.05) is 23.2 Å². The van der Waals surface area contributed by atoms with E-state index in [0.717, 1.165) is 48.8 Å². The molecule has 2 aromatic heterocycles. The average Bonchev–Trinajstić information content (AvgIpc) is 3.39. The molecule has 5 rings (SSSR count). The molecule has 4 nitrogen and oxygen atoms in total. The summed E-state index contributed by atoms with van der Waals surface area (Å²) in [6, 6.07) is 21.2. The molecule has 0 bridgehead atoms. The lowest BCUT2D eigenvalue weighted by molar-refractivity contribution is 0.222. The Bertz CT molecular complexity index is 1020. The second kappa shape index (κ2) is 6.89. The van der Waals surface area contributed by atoms with Crippen molar-refractivity contribution in [3.63, 3.8) is 0 Å². The van der Waals surface area contributed by atoms with Crippen molar-refractivity contribution in [1.82, 2.24) is 14.5 Å². The molecule has 4 heteroatoms. The number of hydrogen-bond acceptors (Lipinski definition) is 3. The van der Waals surface area contributed by atoms with Crippen molar-refractivity contribution in [3.8, 4) is 17.0 Å². The largest absolute Gasteiger partial charge is 0.459 e. The Labute approximate surface area is 158 Å². The van der Waals surface area contributed by atoms with Gasteiger partial charge in [0.05, 0.1) is 12.9 Å². The summed E-state index contributed by atoms with van der Waals surface area (Å²) in [5.74, 6) is 2.09. The molecular formula is C23H21N3O. The van der Waals surface area contributed by atoms with Gasteiger partial charge >= 0.3 is 0 Å². The summed E-state index contributed by atoms with van der Waals surface area (Å²) < 4.78 is 8.19. The van der Waals surface area contributed by atoms with Crippen molar-refractivity contribution in [1.29, 1.82) is 0 Å². The van der Waals surface area contributed by atoms with Crippen LogP contribution in [0.4, 0.5) is 0 Å². The molecule has 0 saturated carbocycles. The van der Waals surface area contributed by atoms with Crippen LogP contribution in [0.5, 0.6) is 0 Å². The van der Waals surface area contributed by atoms with Gasteiger partial charge in [-0.25, -0.2) is 4.98 Å².